The number of carboxylic acids is 1. The Labute approximate surface area is 136 Å². The van der Waals surface area contributed by atoms with Crippen LogP contribution in [0.3, 0.4) is 0 Å². The van der Waals surface area contributed by atoms with Gasteiger partial charge in [-0.1, -0.05) is 40.9 Å². The van der Waals surface area contributed by atoms with Gasteiger partial charge in [0.2, 0.25) is 0 Å². The second kappa shape index (κ2) is 6.52. The van der Waals surface area contributed by atoms with Gasteiger partial charge in [-0.2, -0.15) is 5.10 Å². The van der Waals surface area contributed by atoms with Crippen LogP contribution in [0.2, 0.25) is 15.2 Å². The van der Waals surface area contributed by atoms with E-state index in [1.165, 1.54) is 10.8 Å². The summed E-state index contributed by atoms with van der Waals surface area (Å²) >= 11 is 18.5. The summed E-state index contributed by atoms with van der Waals surface area (Å²) in [7, 11) is 0. The Kier molecular flexibility index (Phi) is 4.93. The number of aromatic nitrogens is 2. The Morgan fingerprint density at radius 3 is 2.52 bits per heavy atom. The molecule has 0 atom stereocenters. The summed E-state index contributed by atoms with van der Waals surface area (Å²) in [6.45, 7) is 2.05. The molecule has 0 amide bonds. The fraction of sp³-hybridized carbons (Fsp3) is 0.143. The SMILES string of the molecule is Cc1nn(Cc2c(Cl)cccc2Cl)c(Cl)c1/C=C/C(=O)O. The minimum absolute atomic E-state index is 0.305. The Bertz CT molecular complexity index is 703. The van der Waals surface area contributed by atoms with Crippen molar-refractivity contribution in [2.45, 2.75) is 13.5 Å². The van der Waals surface area contributed by atoms with Gasteiger partial charge in [-0.3, -0.25) is 0 Å². The Morgan fingerprint density at radius 2 is 1.95 bits per heavy atom. The van der Waals surface area contributed by atoms with Crippen molar-refractivity contribution in [1.82, 2.24) is 9.78 Å². The van der Waals surface area contributed by atoms with Gasteiger partial charge < -0.3 is 5.11 Å². The number of nitrogens with zero attached hydrogens (tertiary/aromatic N) is 2. The molecule has 0 spiro atoms. The van der Waals surface area contributed by atoms with E-state index in [1.54, 1.807) is 25.1 Å². The first-order valence-corrected chi connectivity index (χ1v) is 7.10. The molecule has 1 N–H and O–H groups in total. The van der Waals surface area contributed by atoms with Crippen molar-refractivity contribution in [2.75, 3.05) is 0 Å². The average Bonchev–Trinajstić information content (AvgIpc) is 2.67. The zero-order chi connectivity index (χ0) is 15.6. The monoisotopic (exact) mass is 344 g/mol. The highest BCUT2D eigenvalue weighted by molar-refractivity contribution is 6.36. The number of rotatable bonds is 4. The van der Waals surface area contributed by atoms with Gasteiger partial charge in [0.05, 0.1) is 12.2 Å². The molecule has 0 fully saturated rings. The lowest BCUT2D eigenvalue weighted by Gasteiger charge is -2.08. The number of aliphatic carboxylic acids is 1. The van der Waals surface area contributed by atoms with E-state index in [0.29, 0.717) is 38.6 Å². The largest absolute Gasteiger partial charge is 0.478 e. The molecule has 0 saturated carbocycles. The van der Waals surface area contributed by atoms with Crippen molar-refractivity contribution >= 4 is 46.8 Å². The molecule has 4 nitrogen and oxygen atoms in total. The van der Waals surface area contributed by atoms with E-state index in [1.807, 2.05) is 0 Å². The van der Waals surface area contributed by atoms with Crippen LogP contribution in [-0.2, 0) is 11.3 Å². The topological polar surface area (TPSA) is 55.1 Å². The normalized spacial score (nSPS) is 11.2. The summed E-state index contributed by atoms with van der Waals surface area (Å²) in [6.07, 6.45) is 2.43. The highest BCUT2D eigenvalue weighted by atomic mass is 35.5. The van der Waals surface area contributed by atoms with Crippen LogP contribution < -0.4 is 0 Å². The minimum atomic E-state index is -1.05. The van der Waals surface area contributed by atoms with Crippen LogP contribution in [0.15, 0.2) is 24.3 Å². The molecular formula is C14H11Cl3N2O2. The number of hydrogen-bond donors (Lipinski definition) is 1. The molecule has 2 aromatic rings. The van der Waals surface area contributed by atoms with Crippen molar-refractivity contribution in [2.24, 2.45) is 0 Å². The molecule has 0 aliphatic carbocycles. The lowest BCUT2D eigenvalue weighted by atomic mass is 10.2. The summed E-state index contributed by atoms with van der Waals surface area (Å²) < 4.78 is 1.53. The number of aryl methyl sites for hydroxylation is 1. The van der Waals surface area contributed by atoms with Crippen molar-refractivity contribution in [3.63, 3.8) is 0 Å². The van der Waals surface area contributed by atoms with Crippen molar-refractivity contribution in [3.8, 4) is 0 Å². The summed E-state index contributed by atoms with van der Waals surface area (Å²) in [5.41, 5.74) is 1.89. The fourth-order valence-electron chi connectivity index (χ4n) is 1.85. The zero-order valence-corrected chi connectivity index (χ0v) is 13.2. The molecule has 0 saturated heterocycles. The van der Waals surface area contributed by atoms with Gasteiger partial charge in [0.1, 0.15) is 5.15 Å². The maximum atomic E-state index is 10.6. The predicted molar refractivity (Wildman–Crippen MR) is 84.2 cm³/mol. The van der Waals surface area contributed by atoms with E-state index in [2.05, 4.69) is 5.10 Å². The lowest BCUT2D eigenvalue weighted by molar-refractivity contribution is -0.131. The molecule has 0 bridgehead atoms. The molecule has 0 aliphatic rings. The second-order valence-corrected chi connectivity index (χ2v) is 5.49. The van der Waals surface area contributed by atoms with Crippen LogP contribution in [-0.4, -0.2) is 20.9 Å². The summed E-state index contributed by atoms with van der Waals surface area (Å²) in [6, 6.07) is 5.22. The Balaban J connectivity index is 2.38. The van der Waals surface area contributed by atoms with Crippen LogP contribution >= 0.6 is 34.8 Å². The molecule has 0 unspecified atom stereocenters. The number of halogens is 3. The molecule has 1 heterocycles. The second-order valence-electron chi connectivity index (χ2n) is 4.32. The molecule has 1 aromatic carbocycles. The van der Waals surface area contributed by atoms with E-state index in [-0.39, 0.29) is 0 Å². The highest BCUT2D eigenvalue weighted by Crippen LogP contribution is 2.28. The fourth-order valence-corrected chi connectivity index (χ4v) is 2.66. The molecule has 1 aromatic heterocycles. The molecular weight excluding hydrogens is 335 g/mol. The van der Waals surface area contributed by atoms with Gasteiger partial charge in [0.25, 0.3) is 0 Å². The number of benzene rings is 1. The quantitative estimate of drug-likeness (QED) is 0.841. The summed E-state index contributed by atoms with van der Waals surface area (Å²) in [5, 5.41) is 14.3. The number of carboxylic acid groups (broad SMARTS) is 1. The summed E-state index contributed by atoms with van der Waals surface area (Å²) in [4.78, 5) is 10.6. The van der Waals surface area contributed by atoms with E-state index in [9.17, 15) is 4.79 Å². The molecule has 2 rings (SSSR count). The third-order valence-corrected chi connectivity index (χ3v) is 3.98. The third kappa shape index (κ3) is 3.59. The van der Waals surface area contributed by atoms with Gasteiger partial charge in [0.15, 0.2) is 0 Å². The first-order valence-electron chi connectivity index (χ1n) is 5.97. The van der Waals surface area contributed by atoms with Crippen LogP contribution in [0.1, 0.15) is 16.8 Å². The highest BCUT2D eigenvalue weighted by Gasteiger charge is 2.14. The van der Waals surface area contributed by atoms with Gasteiger partial charge >= 0.3 is 5.97 Å². The van der Waals surface area contributed by atoms with E-state index >= 15 is 0 Å². The number of carbonyl (C=O) groups is 1. The van der Waals surface area contributed by atoms with Crippen LogP contribution in [0.25, 0.3) is 6.08 Å². The van der Waals surface area contributed by atoms with Gasteiger partial charge in [-0.05, 0) is 25.1 Å². The van der Waals surface area contributed by atoms with Gasteiger partial charge in [0, 0.05) is 27.2 Å². The molecule has 7 heteroatoms. The number of hydrogen-bond acceptors (Lipinski definition) is 2. The van der Waals surface area contributed by atoms with Gasteiger partial charge in [-0.15, -0.1) is 0 Å². The first kappa shape index (κ1) is 15.9. The predicted octanol–water partition coefficient (Wildman–Crippen LogP) is 4.30. The summed E-state index contributed by atoms with van der Waals surface area (Å²) in [5.74, 6) is -1.05. The smallest absolute Gasteiger partial charge is 0.328 e. The van der Waals surface area contributed by atoms with Crippen molar-refractivity contribution < 1.29 is 9.90 Å². The first-order chi connectivity index (χ1) is 9.90. The van der Waals surface area contributed by atoms with Crippen LogP contribution in [0.4, 0.5) is 0 Å². The Morgan fingerprint density at radius 1 is 1.33 bits per heavy atom. The standard InChI is InChI=1S/C14H11Cl3N2O2/c1-8-9(5-6-13(20)21)14(17)19(18-8)7-10-11(15)3-2-4-12(10)16/h2-6H,7H2,1H3,(H,20,21)/b6-5+. The molecule has 0 radical (unpaired) electrons. The van der Waals surface area contributed by atoms with Crippen molar-refractivity contribution in [3.05, 3.63) is 56.3 Å². The maximum absolute atomic E-state index is 10.6. The third-order valence-electron chi connectivity index (χ3n) is 2.87. The molecule has 0 aliphatic heterocycles. The van der Waals surface area contributed by atoms with Gasteiger partial charge in [-0.25, -0.2) is 9.48 Å². The van der Waals surface area contributed by atoms with Crippen LogP contribution in [0, 0.1) is 6.92 Å². The van der Waals surface area contributed by atoms with Crippen LogP contribution in [0.5, 0.6) is 0 Å². The maximum Gasteiger partial charge on any atom is 0.328 e. The zero-order valence-electron chi connectivity index (χ0n) is 11.0. The molecule has 21 heavy (non-hydrogen) atoms. The van der Waals surface area contributed by atoms with E-state index in [0.717, 1.165) is 6.08 Å². The average molecular weight is 346 g/mol. The Hall–Kier alpha value is -1.49. The van der Waals surface area contributed by atoms with Crippen molar-refractivity contribution in [1.29, 1.82) is 0 Å². The lowest BCUT2D eigenvalue weighted by Crippen LogP contribution is -2.03. The van der Waals surface area contributed by atoms with E-state index < -0.39 is 5.97 Å². The molecule has 110 valence electrons. The minimum Gasteiger partial charge on any atom is -0.478 e. The van der Waals surface area contributed by atoms with E-state index in [4.69, 9.17) is 39.9 Å².